The Morgan fingerprint density at radius 3 is 2.49 bits per heavy atom. The number of carbonyl (C=O) groups is 1. The van der Waals surface area contributed by atoms with E-state index in [1.165, 1.54) is 31.0 Å². The Morgan fingerprint density at radius 2 is 1.77 bits per heavy atom. The number of nitrogens with zero attached hydrogens (tertiary/aromatic N) is 6. The highest BCUT2D eigenvalue weighted by Gasteiger charge is 2.22. The summed E-state index contributed by atoms with van der Waals surface area (Å²) in [6, 6.07) is 13.9. The monoisotopic (exact) mass is 490 g/mol. The van der Waals surface area contributed by atoms with Crippen LogP contribution in [0.15, 0.2) is 52.1 Å². The van der Waals surface area contributed by atoms with Gasteiger partial charge in [0.05, 0.1) is 12.3 Å². The first-order chi connectivity index (χ1) is 17.0. The summed E-state index contributed by atoms with van der Waals surface area (Å²) in [5.41, 5.74) is 3.51. The third-order valence-electron chi connectivity index (χ3n) is 6.44. The van der Waals surface area contributed by atoms with Gasteiger partial charge in [0.15, 0.2) is 22.6 Å². The minimum atomic E-state index is 0.0507. The molecule has 0 radical (unpaired) electrons. The molecule has 0 bridgehead atoms. The van der Waals surface area contributed by atoms with Crippen molar-refractivity contribution in [1.29, 1.82) is 0 Å². The number of hydrogen-bond donors (Lipinski definition) is 0. The van der Waals surface area contributed by atoms with Crippen LogP contribution >= 0.6 is 11.8 Å². The summed E-state index contributed by atoms with van der Waals surface area (Å²) in [6.07, 6.45) is 3.74. The number of para-hydroxylation sites is 1. The molecule has 1 fully saturated rings. The van der Waals surface area contributed by atoms with Crippen LogP contribution < -0.4 is 0 Å². The van der Waals surface area contributed by atoms with Crippen molar-refractivity contribution in [2.75, 3.05) is 18.8 Å². The van der Waals surface area contributed by atoms with E-state index in [2.05, 4.69) is 37.0 Å². The molecule has 0 spiro atoms. The SMILES string of the molecule is Cc1cc(-n2c(C)cc(C(=O)CSc3nnc(CN4CCCCC4)n3-c3ccccc3)c2C)no1. The molecule has 9 heteroatoms. The lowest BCUT2D eigenvalue weighted by Gasteiger charge is -2.26. The molecule has 3 aromatic heterocycles. The van der Waals surface area contributed by atoms with E-state index in [-0.39, 0.29) is 11.5 Å². The van der Waals surface area contributed by atoms with Crippen LogP contribution in [0.1, 0.15) is 52.6 Å². The lowest BCUT2D eigenvalue weighted by atomic mass is 10.1. The fraction of sp³-hybridized carbons (Fsp3) is 0.385. The molecule has 0 amide bonds. The molecule has 5 rings (SSSR count). The molecule has 1 saturated heterocycles. The fourth-order valence-corrected chi connectivity index (χ4v) is 5.57. The number of Topliss-reactive ketones (excluding diaryl/α,β-unsaturated/α-hetero) is 1. The van der Waals surface area contributed by atoms with E-state index in [0.717, 1.165) is 53.5 Å². The summed E-state index contributed by atoms with van der Waals surface area (Å²) in [5, 5.41) is 13.9. The zero-order valence-corrected chi connectivity index (χ0v) is 21.2. The van der Waals surface area contributed by atoms with Crippen LogP contribution in [0.4, 0.5) is 0 Å². The van der Waals surface area contributed by atoms with Crippen molar-refractivity contribution in [2.45, 2.75) is 51.7 Å². The van der Waals surface area contributed by atoms with Gasteiger partial charge in [0.25, 0.3) is 0 Å². The van der Waals surface area contributed by atoms with Gasteiger partial charge >= 0.3 is 0 Å². The summed E-state index contributed by atoms with van der Waals surface area (Å²) in [5.74, 6) is 2.66. The number of rotatable bonds is 8. The number of piperidine rings is 1. The number of ketones is 1. The van der Waals surface area contributed by atoms with E-state index in [9.17, 15) is 4.79 Å². The molecular formula is C26H30N6O2S. The van der Waals surface area contributed by atoms with Crippen molar-refractivity contribution >= 4 is 17.5 Å². The number of hydrogen-bond acceptors (Lipinski definition) is 7. The summed E-state index contributed by atoms with van der Waals surface area (Å²) in [4.78, 5) is 15.7. The third kappa shape index (κ3) is 4.97. The minimum absolute atomic E-state index is 0.0507. The summed E-state index contributed by atoms with van der Waals surface area (Å²) in [7, 11) is 0. The predicted octanol–water partition coefficient (Wildman–Crippen LogP) is 4.93. The molecule has 0 aliphatic carbocycles. The lowest BCUT2D eigenvalue weighted by Crippen LogP contribution is -2.30. The van der Waals surface area contributed by atoms with Gasteiger partial charge in [0, 0.05) is 28.7 Å². The molecule has 4 aromatic rings. The number of aromatic nitrogens is 5. The third-order valence-corrected chi connectivity index (χ3v) is 7.37. The van der Waals surface area contributed by atoms with Crippen LogP contribution in [0.2, 0.25) is 0 Å². The fourth-order valence-electron chi connectivity index (χ4n) is 4.71. The zero-order chi connectivity index (χ0) is 24.4. The Bertz CT molecular complexity index is 1320. The molecule has 1 aliphatic heterocycles. The van der Waals surface area contributed by atoms with Gasteiger partial charge in [0.1, 0.15) is 5.76 Å². The molecule has 0 N–H and O–H groups in total. The normalized spacial score (nSPS) is 14.5. The quantitative estimate of drug-likeness (QED) is 0.256. The van der Waals surface area contributed by atoms with Crippen molar-refractivity contribution in [1.82, 2.24) is 29.4 Å². The topological polar surface area (TPSA) is 82.0 Å². The first-order valence-corrected chi connectivity index (χ1v) is 13.0. The Hall–Kier alpha value is -3.17. The number of benzene rings is 1. The molecule has 8 nitrogen and oxygen atoms in total. The van der Waals surface area contributed by atoms with E-state index in [0.29, 0.717) is 11.4 Å². The standard InChI is InChI=1S/C26H30N6O2S/c1-18-14-22(20(3)31(18)24-15-19(2)34-29-24)23(33)17-35-26-28-27-25(16-30-12-8-5-9-13-30)32(26)21-10-6-4-7-11-21/h4,6-7,10-11,14-15H,5,8-9,12-13,16-17H2,1-3H3. The van der Waals surface area contributed by atoms with Crippen molar-refractivity contribution < 1.29 is 9.32 Å². The van der Waals surface area contributed by atoms with Gasteiger partial charge in [-0.3, -0.25) is 18.8 Å². The molecule has 0 atom stereocenters. The maximum atomic E-state index is 13.3. The van der Waals surface area contributed by atoms with Gasteiger partial charge in [0.2, 0.25) is 0 Å². The predicted molar refractivity (Wildman–Crippen MR) is 136 cm³/mol. The van der Waals surface area contributed by atoms with Crippen molar-refractivity contribution in [3.63, 3.8) is 0 Å². The Balaban J connectivity index is 1.37. The summed E-state index contributed by atoms with van der Waals surface area (Å²) < 4.78 is 9.28. The molecule has 1 aliphatic rings. The number of likely N-dealkylation sites (tertiary alicyclic amines) is 1. The van der Waals surface area contributed by atoms with Crippen LogP contribution in [0.3, 0.4) is 0 Å². The molecule has 0 unspecified atom stereocenters. The van der Waals surface area contributed by atoms with E-state index in [1.807, 2.05) is 55.7 Å². The van der Waals surface area contributed by atoms with Gasteiger partial charge in [-0.15, -0.1) is 10.2 Å². The molecule has 182 valence electrons. The summed E-state index contributed by atoms with van der Waals surface area (Å²) in [6.45, 7) is 8.70. The maximum absolute atomic E-state index is 13.3. The second-order valence-electron chi connectivity index (χ2n) is 9.03. The smallest absolute Gasteiger partial charge is 0.196 e. The van der Waals surface area contributed by atoms with E-state index in [1.54, 1.807) is 0 Å². The van der Waals surface area contributed by atoms with Gasteiger partial charge in [-0.1, -0.05) is 41.5 Å². The van der Waals surface area contributed by atoms with Gasteiger partial charge in [-0.05, 0) is 64.9 Å². The van der Waals surface area contributed by atoms with E-state index >= 15 is 0 Å². The van der Waals surface area contributed by atoms with Crippen LogP contribution in [-0.2, 0) is 6.54 Å². The first kappa shape index (κ1) is 23.6. The molecule has 1 aromatic carbocycles. The molecule has 35 heavy (non-hydrogen) atoms. The van der Waals surface area contributed by atoms with Gasteiger partial charge < -0.3 is 4.52 Å². The highest BCUT2D eigenvalue weighted by Crippen LogP contribution is 2.26. The second-order valence-corrected chi connectivity index (χ2v) is 9.98. The van der Waals surface area contributed by atoms with Crippen LogP contribution in [0, 0.1) is 20.8 Å². The van der Waals surface area contributed by atoms with Crippen molar-refractivity contribution in [3.05, 3.63) is 71.0 Å². The van der Waals surface area contributed by atoms with Gasteiger partial charge in [-0.2, -0.15) is 0 Å². The highest BCUT2D eigenvalue weighted by molar-refractivity contribution is 7.99. The number of aryl methyl sites for hydroxylation is 2. The lowest BCUT2D eigenvalue weighted by molar-refractivity contribution is 0.102. The number of thioether (sulfide) groups is 1. The molecular weight excluding hydrogens is 460 g/mol. The average Bonchev–Trinajstić information content (AvgIpc) is 3.55. The highest BCUT2D eigenvalue weighted by atomic mass is 32.2. The van der Waals surface area contributed by atoms with Crippen LogP contribution in [0.25, 0.3) is 11.5 Å². The minimum Gasteiger partial charge on any atom is -0.360 e. The van der Waals surface area contributed by atoms with E-state index < -0.39 is 0 Å². The van der Waals surface area contributed by atoms with Crippen LogP contribution in [-0.4, -0.2) is 54.0 Å². The average molecular weight is 491 g/mol. The Morgan fingerprint density at radius 1 is 1.00 bits per heavy atom. The zero-order valence-electron chi connectivity index (χ0n) is 20.4. The Labute approximate surface area is 209 Å². The molecule has 0 saturated carbocycles. The van der Waals surface area contributed by atoms with Crippen molar-refractivity contribution in [3.8, 4) is 11.5 Å². The first-order valence-electron chi connectivity index (χ1n) is 12.0. The maximum Gasteiger partial charge on any atom is 0.196 e. The van der Waals surface area contributed by atoms with Gasteiger partial charge in [-0.25, -0.2) is 0 Å². The number of carbonyl (C=O) groups excluding carboxylic acids is 1. The second kappa shape index (κ2) is 10.2. The van der Waals surface area contributed by atoms with E-state index in [4.69, 9.17) is 4.52 Å². The van der Waals surface area contributed by atoms with Crippen molar-refractivity contribution in [2.24, 2.45) is 0 Å². The molecule has 4 heterocycles. The Kier molecular flexibility index (Phi) is 6.88. The summed E-state index contributed by atoms with van der Waals surface area (Å²) >= 11 is 1.43. The van der Waals surface area contributed by atoms with Crippen LogP contribution in [0.5, 0.6) is 0 Å². The largest absolute Gasteiger partial charge is 0.360 e.